The number of nitrogens with one attached hydrogen (secondary N) is 1. The number of amides is 2. The summed E-state index contributed by atoms with van der Waals surface area (Å²) in [7, 11) is -3.53. The molecule has 1 aliphatic carbocycles. The van der Waals surface area contributed by atoms with E-state index in [-0.39, 0.29) is 28.2 Å². The van der Waals surface area contributed by atoms with Crippen LogP contribution in [0.3, 0.4) is 0 Å². The van der Waals surface area contributed by atoms with E-state index in [1.54, 1.807) is 36.9 Å². The number of benzene rings is 1. The Morgan fingerprint density at radius 3 is 2.27 bits per heavy atom. The number of carbonyl (C=O) groups is 2. The van der Waals surface area contributed by atoms with Crippen molar-refractivity contribution < 1.29 is 18.0 Å². The number of piperidine rings is 1. The van der Waals surface area contributed by atoms with Crippen molar-refractivity contribution in [1.29, 1.82) is 0 Å². The Balaban J connectivity index is 1.70. The minimum Gasteiger partial charge on any atom is -0.353 e. The minimum atomic E-state index is -3.53. The predicted octanol–water partition coefficient (Wildman–Crippen LogP) is 2.00. The van der Waals surface area contributed by atoms with Gasteiger partial charge in [-0.25, -0.2) is 8.42 Å². The highest BCUT2D eigenvalue weighted by Crippen LogP contribution is 2.26. The zero-order valence-corrected chi connectivity index (χ0v) is 16.1. The fraction of sp³-hybridized carbons (Fsp3) is 0.579. The lowest BCUT2D eigenvalue weighted by molar-refractivity contribution is -0.126. The second kappa shape index (κ2) is 7.39. The van der Waals surface area contributed by atoms with Gasteiger partial charge in [0.1, 0.15) is 0 Å². The first-order valence-electron chi connectivity index (χ1n) is 9.23. The third kappa shape index (κ3) is 3.92. The van der Waals surface area contributed by atoms with Gasteiger partial charge < -0.3 is 10.2 Å². The molecule has 2 amide bonds. The number of hydrogen-bond acceptors (Lipinski definition) is 4. The molecule has 3 rings (SSSR count). The van der Waals surface area contributed by atoms with Gasteiger partial charge in [-0.3, -0.25) is 9.59 Å². The topological polar surface area (TPSA) is 83.6 Å². The van der Waals surface area contributed by atoms with E-state index in [1.165, 1.54) is 6.07 Å². The van der Waals surface area contributed by atoms with Gasteiger partial charge in [0.25, 0.3) is 5.91 Å². The number of carbonyl (C=O) groups excluding carboxylic acids is 2. The van der Waals surface area contributed by atoms with Crippen LogP contribution >= 0.6 is 0 Å². The van der Waals surface area contributed by atoms with Crippen molar-refractivity contribution in [2.45, 2.75) is 55.7 Å². The van der Waals surface area contributed by atoms with Crippen LogP contribution in [0.1, 0.15) is 49.9 Å². The quantitative estimate of drug-likeness (QED) is 0.849. The van der Waals surface area contributed by atoms with Gasteiger partial charge in [-0.05, 0) is 51.7 Å². The summed E-state index contributed by atoms with van der Waals surface area (Å²) in [5.74, 6) is -0.248. The summed E-state index contributed by atoms with van der Waals surface area (Å²) >= 11 is 0. The van der Waals surface area contributed by atoms with Gasteiger partial charge in [0.2, 0.25) is 5.91 Å². The van der Waals surface area contributed by atoms with E-state index >= 15 is 0 Å². The Labute approximate surface area is 154 Å². The van der Waals surface area contributed by atoms with E-state index in [1.807, 2.05) is 0 Å². The summed E-state index contributed by atoms with van der Waals surface area (Å²) in [6.07, 6.45) is 3.35. The van der Waals surface area contributed by atoms with Crippen LogP contribution in [0.5, 0.6) is 0 Å². The summed E-state index contributed by atoms with van der Waals surface area (Å²) in [5, 5.41) is 2.43. The first kappa shape index (κ1) is 18.9. The fourth-order valence-corrected chi connectivity index (χ4v) is 4.45. The maximum atomic E-state index is 12.9. The first-order chi connectivity index (χ1) is 12.3. The molecule has 1 saturated heterocycles. The normalized spacial score (nSPS) is 18.8. The second-order valence-electron chi connectivity index (χ2n) is 7.44. The average molecular weight is 378 g/mol. The van der Waals surface area contributed by atoms with E-state index < -0.39 is 15.1 Å². The maximum absolute atomic E-state index is 12.9. The third-order valence-corrected chi connectivity index (χ3v) is 7.33. The highest BCUT2D eigenvalue weighted by Gasteiger charge is 2.33. The van der Waals surface area contributed by atoms with Gasteiger partial charge >= 0.3 is 0 Å². The molecular formula is C19H26N2O4S. The Kier molecular flexibility index (Phi) is 5.37. The smallest absolute Gasteiger partial charge is 0.255 e. The lowest BCUT2D eigenvalue weighted by atomic mass is 9.95. The number of hydrogen-bond donors (Lipinski definition) is 1. The van der Waals surface area contributed by atoms with E-state index in [0.717, 1.165) is 12.8 Å². The molecule has 1 N–H and O–H groups in total. The molecule has 1 saturated carbocycles. The van der Waals surface area contributed by atoms with Gasteiger partial charge in [0, 0.05) is 25.0 Å². The lowest BCUT2D eigenvalue weighted by Crippen LogP contribution is -2.43. The van der Waals surface area contributed by atoms with Crippen molar-refractivity contribution >= 4 is 21.7 Å². The van der Waals surface area contributed by atoms with Crippen molar-refractivity contribution in [3.63, 3.8) is 0 Å². The van der Waals surface area contributed by atoms with Gasteiger partial charge in [-0.1, -0.05) is 12.1 Å². The van der Waals surface area contributed by atoms with Crippen LogP contribution < -0.4 is 5.32 Å². The Morgan fingerprint density at radius 2 is 1.69 bits per heavy atom. The molecule has 0 unspecified atom stereocenters. The van der Waals surface area contributed by atoms with Crippen molar-refractivity contribution in [2.75, 3.05) is 13.1 Å². The van der Waals surface area contributed by atoms with E-state index in [2.05, 4.69) is 5.32 Å². The molecule has 0 aromatic heterocycles. The lowest BCUT2D eigenvalue weighted by Gasteiger charge is -2.32. The molecule has 0 bridgehead atoms. The molecule has 0 radical (unpaired) electrons. The summed E-state index contributed by atoms with van der Waals surface area (Å²) in [6.45, 7) is 4.16. The molecule has 1 heterocycles. The largest absolute Gasteiger partial charge is 0.353 e. The minimum absolute atomic E-state index is 0.0608. The molecule has 1 aromatic carbocycles. The van der Waals surface area contributed by atoms with Crippen LogP contribution in [0, 0.1) is 5.92 Å². The Morgan fingerprint density at radius 1 is 1.08 bits per heavy atom. The number of nitrogens with zero attached hydrogens (tertiary/aromatic N) is 1. The summed E-state index contributed by atoms with van der Waals surface area (Å²) < 4.78 is 25.1. The fourth-order valence-electron chi connectivity index (χ4n) is 3.21. The van der Waals surface area contributed by atoms with Gasteiger partial charge in [-0.15, -0.1) is 0 Å². The molecule has 7 heteroatoms. The molecule has 6 nitrogen and oxygen atoms in total. The molecule has 0 atom stereocenters. The summed E-state index contributed by atoms with van der Waals surface area (Å²) in [4.78, 5) is 26.8. The zero-order chi connectivity index (χ0) is 18.9. The number of likely N-dealkylation sites (tertiary alicyclic amines) is 1. The van der Waals surface area contributed by atoms with E-state index in [4.69, 9.17) is 0 Å². The highest BCUT2D eigenvalue weighted by atomic mass is 32.2. The van der Waals surface area contributed by atoms with Crippen LogP contribution in [0.4, 0.5) is 0 Å². The van der Waals surface area contributed by atoms with Crippen molar-refractivity contribution in [1.82, 2.24) is 10.2 Å². The van der Waals surface area contributed by atoms with E-state index in [0.29, 0.717) is 32.0 Å². The molecule has 26 heavy (non-hydrogen) atoms. The number of rotatable bonds is 5. The molecule has 0 spiro atoms. The van der Waals surface area contributed by atoms with Crippen LogP contribution in [0.15, 0.2) is 29.2 Å². The van der Waals surface area contributed by atoms with Gasteiger partial charge in [0.05, 0.1) is 15.7 Å². The van der Waals surface area contributed by atoms with Crippen LogP contribution in [0.25, 0.3) is 0 Å². The Hall–Kier alpha value is -1.89. The zero-order valence-electron chi connectivity index (χ0n) is 15.3. The molecule has 1 aromatic rings. The van der Waals surface area contributed by atoms with Crippen molar-refractivity contribution in [3.8, 4) is 0 Å². The van der Waals surface area contributed by atoms with Crippen molar-refractivity contribution in [3.05, 3.63) is 29.8 Å². The molecule has 2 fully saturated rings. The summed E-state index contributed by atoms with van der Waals surface area (Å²) in [5.41, 5.74) is 0.224. The van der Waals surface area contributed by atoms with Gasteiger partial charge in [-0.2, -0.15) is 0 Å². The molecular weight excluding hydrogens is 352 g/mol. The standard InChI is InChI=1S/C19H26N2O4S/c1-13(2)26(24,25)17-6-4-3-5-16(17)19(23)21-11-9-14(10-12-21)18(22)20-15-7-8-15/h3-6,13-15H,7-12H2,1-2H3,(H,20,22). The monoisotopic (exact) mass is 378 g/mol. The number of sulfone groups is 1. The SMILES string of the molecule is CC(C)S(=O)(=O)c1ccccc1C(=O)N1CCC(C(=O)NC2CC2)CC1. The third-order valence-electron chi connectivity index (χ3n) is 5.12. The van der Waals surface area contributed by atoms with Crippen LogP contribution in [0.2, 0.25) is 0 Å². The highest BCUT2D eigenvalue weighted by molar-refractivity contribution is 7.92. The average Bonchev–Trinajstić information content (AvgIpc) is 3.45. The molecule has 142 valence electrons. The molecule has 1 aliphatic heterocycles. The molecule has 2 aliphatic rings. The summed E-state index contributed by atoms with van der Waals surface area (Å²) in [6, 6.07) is 6.74. The maximum Gasteiger partial charge on any atom is 0.255 e. The predicted molar refractivity (Wildman–Crippen MR) is 98.6 cm³/mol. The van der Waals surface area contributed by atoms with Crippen LogP contribution in [-0.2, 0) is 14.6 Å². The van der Waals surface area contributed by atoms with Gasteiger partial charge in [0.15, 0.2) is 9.84 Å². The Bertz CT molecular complexity index is 792. The first-order valence-corrected chi connectivity index (χ1v) is 10.8. The second-order valence-corrected chi connectivity index (χ2v) is 9.91. The van der Waals surface area contributed by atoms with Crippen LogP contribution in [-0.4, -0.2) is 49.5 Å². The van der Waals surface area contributed by atoms with Crippen molar-refractivity contribution in [2.24, 2.45) is 5.92 Å². The van der Waals surface area contributed by atoms with E-state index in [9.17, 15) is 18.0 Å².